The minimum absolute atomic E-state index is 0.556. The van der Waals surface area contributed by atoms with Crippen molar-refractivity contribution in [3.05, 3.63) is 23.9 Å². The van der Waals surface area contributed by atoms with Crippen LogP contribution in [0.4, 0.5) is 5.13 Å². The molecule has 1 aromatic carbocycles. The van der Waals surface area contributed by atoms with E-state index < -0.39 is 0 Å². The Morgan fingerprint density at radius 3 is 2.83 bits per heavy atom. The molecule has 2 aromatic heterocycles. The van der Waals surface area contributed by atoms with E-state index in [1.807, 2.05) is 25.1 Å². The van der Waals surface area contributed by atoms with E-state index in [0.717, 1.165) is 33.2 Å². The quantitative estimate of drug-likeness (QED) is 0.742. The van der Waals surface area contributed by atoms with E-state index in [-0.39, 0.29) is 0 Å². The van der Waals surface area contributed by atoms with Crippen molar-refractivity contribution in [3.63, 3.8) is 0 Å². The first-order chi connectivity index (χ1) is 8.67. The molecule has 6 heteroatoms. The molecule has 3 N–H and O–H groups in total. The summed E-state index contributed by atoms with van der Waals surface area (Å²) in [5.74, 6) is 1.60. The molecule has 5 nitrogen and oxygen atoms in total. The van der Waals surface area contributed by atoms with Crippen LogP contribution in [0.5, 0.6) is 5.75 Å². The fourth-order valence-corrected chi connectivity index (χ4v) is 2.64. The summed E-state index contributed by atoms with van der Waals surface area (Å²) in [6, 6.07) is 5.74. The lowest BCUT2D eigenvalue weighted by Crippen LogP contribution is -1.81. The maximum absolute atomic E-state index is 5.70. The van der Waals surface area contributed by atoms with Crippen molar-refractivity contribution in [2.75, 3.05) is 12.8 Å². The molecule has 0 aliphatic heterocycles. The summed E-state index contributed by atoms with van der Waals surface area (Å²) in [5, 5.41) is 0.556. The number of rotatable bonds is 2. The van der Waals surface area contributed by atoms with Crippen molar-refractivity contribution in [2.45, 2.75) is 6.92 Å². The number of hydrogen-bond acceptors (Lipinski definition) is 5. The van der Waals surface area contributed by atoms with Crippen LogP contribution in [0.15, 0.2) is 18.2 Å². The monoisotopic (exact) mass is 260 g/mol. The first kappa shape index (κ1) is 11.0. The summed E-state index contributed by atoms with van der Waals surface area (Å²) < 4.78 is 5.19. The molecule has 0 saturated heterocycles. The van der Waals surface area contributed by atoms with Gasteiger partial charge in [0.1, 0.15) is 5.75 Å². The number of nitrogens with zero attached hydrogens (tertiary/aromatic N) is 2. The topological polar surface area (TPSA) is 76.8 Å². The van der Waals surface area contributed by atoms with Gasteiger partial charge in [-0.05, 0) is 19.1 Å². The van der Waals surface area contributed by atoms with Gasteiger partial charge in [0.25, 0.3) is 0 Å². The molecule has 0 radical (unpaired) electrons. The number of nitrogen functional groups attached to an aromatic ring is 1. The summed E-state index contributed by atoms with van der Waals surface area (Å²) in [7, 11) is 1.65. The molecular formula is C12H12N4OS. The lowest BCUT2D eigenvalue weighted by atomic mass is 10.3. The Kier molecular flexibility index (Phi) is 2.45. The smallest absolute Gasteiger partial charge is 0.180 e. The van der Waals surface area contributed by atoms with E-state index in [9.17, 15) is 0 Å². The number of aromatic amines is 1. The van der Waals surface area contributed by atoms with Crippen LogP contribution in [-0.4, -0.2) is 22.1 Å². The third-order valence-electron chi connectivity index (χ3n) is 2.72. The van der Waals surface area contributed by atoms with E-state index in [0.29, 0.717) is 5.13 Å². The van der Waals surface area contributed by atoms with Gasteiger partial charge in [-0.25, -0.2) is 9.97 Å². The van der Waals surface area contributed by atoms with Gasteiger partial charge in [0.2, 0.25) is 0 Å². The Morgan fingerprint density at radius 1 is 1.33 bits per heavy atom. The van der Waals surface area contributed by atoms with Crippen molar-refractivity contribution >= 4 is 27.5 Å². The van der Waals surface area contributed by atoms with Gasteiger partial charge >= 0.3 is 0 Å². The van der Waals surface area contributed by atoms with Crippen molar-refractivity contribution in [1.29, 1.82) is 0 Å². The van der Waals surface area contributed by atoms with Crippen LogP contribution >= 0.6 is 11.3 Å². The van der Waals surface area contributed by atoms with Gasteiger partial charge in [-0.1, -0.05) is 11.3 Å². The van der Waals surface area contributed by atoms with Crippen LogP contribution in [0, 0.1) is 6.92 Å². The fourth-order valence-electron chi connectivity index (χ4n) is 1.86. The van der Waals surface area contributed by atoms with Crippen LogP contribution in [0.2, 0.25) is 0 Å². The Balaban J connectivity index is 2.16. The minimum Gasteiger partial charge on any atom is -0.497 e. The number of ether oxygens (including phenoxy) is 1. The van der Waals surface area contributed by atoms with Gasteiger partial charge in [0.15, 0.2) is 11.0 Å². The number of fused-ring (bicyclic) bond motifs is 1. The van der Waals surface area contributed by atoms with E-state index in [4.69, 9.17) is 10.5 Å². The highest BCUT2D eigenvalue weighted by Gasteiger charge is 2.12. The van der Waals surface area contributed by atoms with Crippen LogP contribution in [0.1, 0.15) is 5.69 Å². The number of methoxy groups -OCH3 is 1. The molecular weight excluding hydrogens is 248 g/mol. The number of nitrogens with one attached hydrogen (secondary N) is 1. The van der Waals surface area contributed by atoms with E-state index >= 15 is 0 Å². The van der Waals surface area contributed by atoms with Gasteiger partial charge in [-0.15, -0.1) is 0 Å². The molecule has 0 aliphatic carbocycles. The third-order valence-corrected chi connectivity index (χ3v) is 3.71. The van der Waals surface area contributed by atoms with Gasteiger partial charge in [0.05, 0.1) is 28.7 Å². The molecule has 3 aromatic rings. The highest BCUT2D eigenvalue weighted by Crippen LogP contribution is 2.31. The molecule has 3 rings (SSSR count). The first-order valence-corrected chi connectivity index (χ1v) is 6.26. The second-order valence-corrected chi connectivity index (χ2v) is 4.97. The first-order valence-electron chi connectivity index (χ1n) is 5.44. The van der Waals surface area contributed by atoms with Crippen molar-refractivity contribution < 1.29 is 4.74 Å². The summed E-state index contributed by atoms with van der Waals surface area (Å²) >= 11 is 1.43. The minimum atomic E-state index is 0.556. The molecule has 0 bridgehead atoms. The number of hydrogen-bond donors (Lipinski definition) is 2. The van der Waals surface area contributed by atoms with E-state index in [2.05, 4.69) is 15.0 Å². The molecule has 0 saturated carbocycles. The molecule has 0 amide bonds. The lowest BCUT2D eigenvalue weighted by molar-refractivity contribution is 0.415. The average Bonchev–Trinajstić information content (AvgIpc) is 2.90. The molecule has 0 fully saturated rings. The zero-order valence-corrected chi connectivity index (χ0v) is 10.8. The summed E-state index contributed by atoms with van der Waals surface area (Å²) in [5.41, 5.74) is 8.44. The number of aromatic nitrogens is 3. The maximum Gasteiger partial charge on any atom is 0.180 e. The van der Waals surface area contributed by atoms with Crippen LogP contribution in [-0.2, 0) is 0 Å². The zero-order valence-electron chi connectivity index (χ0n) is 10.0. The molecule has 0 unspecified atom stereocenters. The molecule has 0 atom stereocenters. The molecule has 0 aliphatic rings. The number of H-pyrrole nitrogens is 1. The second kappa shape index (κ2) is 3.99. The average molecular weight is 260 g/mol. The van der Waals surface area contributed by atoms with Gasteiger partial charge in [0, 0.05) is 6.07 Å². The van der Waals surface area contributed by atoms with Crippen LogP contribution in [0.25, 0.3) is 21.7 Å². The number of nitrogens with two attached hydrogens (primary N) is 1. The Morgan fingerprint density at radius 2 is 2.17 bits per heavy atom. The van der Waals surface area contributed by atoms with E-state index in [1.54, 1.807) is 7.11 Å². The fraction of sp³-hybridized carbons (Fsp3) is 0.167. The van der Waals surface area contributed by atoms with Gasteiger partial charge < -0.3 is 15.5 Å². The maximum atomic E-state index is 5.70. The molecule has 92 valence electrons. The number of imidazole rings is 1. The van der Waals surface area contributed by atoms with Crippen molar-refractivity contribution in [2.24, 2.45) is 0 Å². The molecule has 0 spiro atoms. The zero-order chi connectivity index (χ0) is 12.7. The predicted molar refractivity (Wildman–Crippen MR) is 72.9 cm³/mol. The highest BCUT2D eigenvalue weighted by molar-refractivity contribution is 7.18. The summed E-state index contributed by atoms with van der Waals surface area (Å²) in [6.45, 7) is 1.93. The second-order valence-electron chi connectivity index (χ2n) is 3.94. The number of anilines is 1. The predicted octanol–water partition coefficient (Wildman–Crippen LogP) is 2.59. The molecule has 2 heterocycles. The SMILES string of the molecule is COc1ccc2nc(-c3sc(N)nc3C)[nH]c2c1. The van der Waals surface area contributed by atoms with Gasteiger partial charge in [-0.2, -0.15) is 0 Å². The highest BCUT2D eigenvalue weighted by atomic mass is 32.1. The summed E-state index contributed by atoms with van der Waals surface area (Å²) in [4.78, 5) is 13.0. The summed E-state index contributed by atoms with van der Waals surface area (Å²) in [6.07, 6.45) is 0. The Bertz CT molecular complexity index is 716. The molecule has 18 heavy (non-hydrogen) atoms. The lowest BCUT2D eigenvalue weighted by Gasteiger charge is -1.96. The standard InChI is InChI=1S/C12H12N4OS/c1-6-10(18-12(13)14-6)11-15-8-4-3-7(17-2)5-9(8)16-11/h3-5H,1-2H3,(H2,13,14)(H,15,16). The number of thiazole rings is 1. The number of aryl methyl sites for hydroxylation is 1. The van der Waals surface area contributed by atoms with E-state index in [1.165, 1.54) is 11.3 Å². The largest absolute Gasteiger partial charge is 0.497 e. The Hall–Kier alpha value is -2.08. The van der Waals surface area contributed by atoms with Gasteiger partial charge in [-0.3, -0.25) is 0 Å². The van der Waals surface area contributed by atoms with Crippen molar-refractivity contribution in [1.82, 2.24) is 15.0 Å². The normalized spacial score (nSPS) is 11.0. The van der Waals surface area contributed by atoms with Crippen molar-refractivity contribution in [3.8, 4) is 16.5 Å². The van der Waals surface area contributed by atoms with Crippen LogP contribution in [0.3, 0.4) is 0 Å². The Labute approximate surface area is 108 Å². The number of benzene rings is 1. The van der Waals surface area contributed by atoms with Crippen LogP contribution < -0.4 is 10.5 Å². The third kappa shape index (κ3) is 1.70.